The zero-order valence-electron chi connectivity index (χ0n) is 5.72. The molecule has 1 rings (SSSR count). The minimum absolute atomic E-state index is 0.839. The van der Waals surface area contributed by atoms with E-state index in [9.17, 15) is 0 Å². The Morgan fingerprint density at radius 3 is 1.62 bits per heavy atom. The number of hydrogen-bond donors (Lipinski definition) is 0. The van der Waals surface area contributed by atoms with Crippen LogP contribution >= 0.6 is 0 Å². The summed E-state index contributed by atoms with van der Waals surface area (Å²) in [4.78, 5) is 0. The predicted molar refractivity (Wildman–Crippen MR) is 36.7 cm³/mol. The molecule has 0 heterocycles. The highest BCUT2D eigenvalue weighted by atomic mass is 14.1. The Labute approximate surface area is 51.6 Å². The molecule has 0 saturated heterocycles. The summed E-state index contributed by atoms with van der Waals surface area (Å²) in [7, 11) is 0. The zero-order chi connectivity index (χ0) is 5.98. The lowest BCUT2D eigenvalue weighted by atomic mass is 9.91. The molecule has 0 nitrogen and oxygen atoms in total. The largest absolute Gasteiger partial charge is 0.0854 e. The Balaban J connectivity index is 2.42. The fourth-order valence-corrected chi connectivity index (χ4v) is 1.10. The molecule has 0 aromatic rings. The average molecular weight is 110 g/mol. The van der Waals surface area contributed by atoms with Gasteiger partial charge >= 0.3 is 0 Å². The van der Waals surface area contributed by atoms with Crippen LogP contribution < -0.4 is 0 Å². The van der Waals surface area contributed by atoms with Crippen LogP contribution in [0.5, 0.6) is 0 Å². The maximum atomic E-state index is 2.33. The van der Waals surface area contributed by atoms with Crippen LogP contribution in [0.25, 0.3) is 0 Å². The van der Waals surface area contributed by atoms with Gasteiger partial charge in [0, 0.05) is 0 Å². The van der Waals surface area contributed by atoms with E-state index in [2.05, 4.69) is 26.0 Å². The van der Waals surface area contributed by atoms with E-state index in [1.54, 1.807) is 0 Å². The van der Waals surface area contributed by atoms with Gasteiger partial charge in [0.1, 0.15) is 0 Å². The SMILES string of the molecule is C[C@@H]1C=C[C@@H](C)CC1. The van der Waals surface area contributed by atoms with Gasteiger partial charge in [-0.3, -0.25) is 0 Å². The van der Waals surface area contributed by atoms with Gasteiger partial charge in [0.25, 0.3) is 0 Å². The summed E-state index contributed by atoms with van der Waals surface area (Å²) < 4.78 is 0. The van der Waals surface area contributed by atoms with Crippen molar-refractivity contribution < 1.29 is 0 Å². The lowest BCUT2D eigenvalue weighted by Crippen LogP contribution is -2.01. The third kappa shape index (κ3) is 1.36. The van der Waals surface area contributed by atoms with E-state index in [0.717, 1.165) is 11.8 Å². The number of hydrogen-bond acceptors (Lipinski definition) is 0. The second kappa shape index (κ2) is 2.34. The number of allylic oxidation sites excluding steroid dienone is 2. The molecule has 0 bridgehead atoms. The molecule has 0 aromatic carbocycles. The van der Waals surface area contributed by atoms with Crippen molar-refractivity contribution in [1.29, 1.82) is 0 Å². The standard InChI is InChI=1S/C8H14/c1-7-3-5-8(2)6-4-7/h3,5,7-8H,4,6H2,1-2H3/t7-,8-/m1/s1. The molecule has 0 saturated carbocycles. The highest BCUT2D eigenvalue weighted by Crippen LogP contribution is 2.20. The lowest BCUT2D eigenvalue weighted by Gasteiger charge is -2.15. The second-order valence-electron chi connectivity index (χ2n) is 2.92. The van der Waals surface area contributed by atoms with Crippen LogP contribution in [0.1, 0.15) is 26.7 Å². The molecule has 1 aliphatic rings. The first kappa shape index (κ1) is 5.87. The van der Waals surface area contributed by atoms with Crippen LogP contribution in [0.2, 0.25) is 0 Å². The first-order valence-corrected chi connectivity index (χ1v) is 3.47. The smallest absolute Gasteiger partial charge is 0.0262 e. The van der Waals surface area contributed by atoms with Gasteiger partial charge in [-0.1, -0.05) is 26.0 Å². The molecule has 0 fully saturated rings. The summed E-state index contributed by atoms with van der Waals surface area (Å²) in [6.07, 6.45) is 7.43. The Morgan fingerprint density at radius 1 is 1.00 bits per heavy atom. The third-order valence-electron chi connectivity index (χ3n) is 1.85. The van der Waals surface area contributed by atoms with Gasteiger partial charge < -0.3 is 0 Å². The van der Waals surface area contributed by atoms with Gasteiger partial charge in [-0.25, -0.2) is 0 Å². The quantitative estimate of drug-likeness (QED) is 0.420. The number of rotatable bonds is 0. The van der Waals surface area contributed by atoms with Crippen molar-refractivity contribution in [2.24, 2.45) is 11.8 Å². The average Bonchev–Trinajstić information content (AvgIpc) is 1.77. The summed E-state index contributed by atoms with van der Waals surface area (Å²) in [5.41, 5.74) is 0. The molecule has 2 atom stereocenters. The minimum atomic E-state index is 0.839. The lowest BCUT2D eigenvalue weighted by molar-refractivity contribution is 0.502. The fourth-order valence-electron chi connectivity index (χ4n) is 1.10. The summed E-state index contributed by atoms with van der Waals surface area (Å²) >= 11 is 0. The normalized spacial score (nSPS) is 37.8. The van der Waals surface area contributed by atoms with Crippen molar-refractivity contribution in [1.82, 2.24) is 0 Å². The predicted octanol–water partition coefficient (Wildman–Crippen LogP) is 2.61. The van der Waals surface area contributed by atoms with Crippen molar-refractivity contribution in [3.63, 3.8) is 0 Å². The van der Waals surface area contributed by atoms with Gasteiger partial charge in [-0.15, -0.1) is 0 Å². The fraction of sp³-hybridized carbons (Fsp3) is 0.750. The molecule has 0 amide bonds. The van der Waals surface area contributed by atoms with E-state index in [1.807, 2.05) is 0 Å². The summed E-state index contributed by atoms with van der Waals surface area (Å²) in [5.74, 6) is 1.68. The topological polar surface area (TPSA) is 0 Å². The Bertz CT molecular complexity index is 80.2. The molecule has 0 N–H and O–H groups in total. The van der Waals surface area contributed by atoms with E-state index in [-0.39, 0.29) is 0 Å². The van der Waals surface area contributed by atoms with Gasteiger partial charge in [-0.05, 0) is 24.7 Å². The van der Waals surface area contributed by atoms with Crippen LogP contribution in [0, 0.1) is 11.8 Å². The van der Waals surface area contributed by atoms with Crippen LogP contribution in [0.3, 0.4) is 0 Å². The van der Waals surface area contributed by atoms with Crippen LogP contribution in [-0.2, 0) is 0 Å². The van der Waals surface area contributed by atoms with Crippen LogP contribution in [0.4, 0.5) is 0 Å². The molecule has 0 spiro atoms. The molecular weight excluding hydrogens is 96.1 g/mol. The first-order chi connectivity index (χ1) is 3.79. The molecule has 0 heteroatoms. The van der Waals surface area contributed by atoms with E-state index in [1.165, 1.54) is 12.8 Å². The third-order valence-corrected chi connectivity index (χ3v) is 1.85. The molecule has 0 radical (unpaired) electrons. The molecule has 0 aliphatic heterocycles. The van der Waals surface area contributed by atoms with E-state index in [4.69, 9.17) is 0 Å². The molecule has 0 aromatic heterocycles. The highest BCUT2D eigenvalue weighted by Gasteiger charge is 2.06. The summed E-state index contributed by atoms with van der Waals surface area (Å²) in [5, 5.41) is 0. The Hall–Kier alpha value is -0.260. The molecule has 0 unspecified atom stereocenters. The van der Waals surface area contributed by atoms with Gasteiger partial charge in [0.05, 0.1) is 0 Å². The van der Waals surface area contributed by atoms with E-state index < -0.39 is 0 Å². The van der Waals surface area contributed by atoms with Crippen LogP contribution in [0.15, 0.2) is 12.2 Å². The summed E-state index contributed by atoms with van der Waals surface area (Å²) in [6, 6.07) is 0. The highest BCUT2D eigenvalue weighted by molar-refractivity contribution is 4.94. The van der Waals surface area contributed by atoms with Crippen molar-refractivity contribution >= 4 is 0 Å². The molecule has 8 heavy (non-hydrogen) atoms. The van der Waals surface area contributed by atoms with Gasteiger partial charge in [0.15, 0.2) is 0 Å². The Kier molecular flexibility index (Phi) is 1.72. The van der Waals surface area contributed by atoms with Crippen molar-refractivity contribution in [3.05, 3.63) is 12.2 Å². The maximum absolute atomic E-state index is 2.33. The zero-order valence-corrected chi connectivity index (χ0v) is 5.72. The van der Waals surface area contributed by atoms with E-state index in [0.29, 0.717) is 0 Å². The van der Waals surface area contributed by atoms with Crippen molar-refractivity contribution in [2.45, 2.75) is 26.7 Å². The molecule has 46 valence electrons. The van der Waals surface area contributed by atoms with Gasteiger partial charge in [-0.2, -0.15) is 0 Å². The van der Waals surface area contributed by atoms with Crippen molar-refractivity contribution in [2.75, 3.05) is 0 Å². The van der Waals surface area contributed by atoms with Gasteiger partial charge in [0.2, 0.25) is 0 Å². The minimum Gasteiger partial charge on any atom is -0.0854 e. The molecule has 1 aliphatic carbocycles. The molecular formula is C8H14. The first-order valence-electron chi connectivity index (χ1n) is 3.47. The second-order valence-corrected chi connectivity index (χ2v) is 2.92. The monoisotopic (exact) mass is 110 g/mol. The van der Waals surface area contributed by atoms with E-state index >= 15 is 0 Å². The Morgan fingerprint density at radius 2 is 1.38 bits per heavy atom. The summed E-state index contributed by atoms with van der Waals surface area (Å²) in [6.45, 7) is 4.56. The van der Waals surface area contributed by atoms with Crippen LogP contribution in [-0.4, -0.2) is 0 Å². The van der Waals surface area contributed by atoms with Crippen molar-refractivity contribution in [3.8, 4) is 0 Å². The maximum Gasteiger partial charge on any atom is -0.0262 e.